The summed E-state index contributed by atoms with van der Waals surface area (Å²) in [6, 6.07) is 7.13. The molecule has 2 rings (SSSR count). The second kappa shape index (κ2) is 6.13. The first kappa shape index (κ1) is 17.2. The van der Waals surface area contributed by atoms with Crippen LogP contribution in [0.1, 0.15) is 17.9 Å². The molecule has 0 aliphatic heterocycles. The van der Waals surface area contributed by atoms with Gasteiger partial charge in [-0.15, -0.1) is 0 Å². The maximum Gasteiger partial charge on any atom is 0.340 e. The molecule has 9 heteroatoms. The van der Waals surface area contributed by atoms with Gasteiger partial charge in [-0.05, 0) is 12.1 Å². The first-order chi connectivity index (χ1) is 11.2. The lowest BCUT2D eigenvalue weighted by Crippen LogP contribution is -2.50. The number of aliphatic hydroxyl groups is 1. The fourth-order valence-corrected chi connectivity index (χ4v) is 2.41. The highest BCUT2D eigenvalue weighted by Crippen LogP contribution is 2.32. The van der Waals surface area contributed by atoms with Crippen molar-refractivity contribution < 1.29 is 39.2 Å². The van der Waals surface area contributed by atoms with Crippen molar-refractivity contribution in [2.75, 3.05) is 0 Å². The van der Waals surface area contributed by atoms with Crippen LogP contribution < -0.4 is 5.63 Å². The van der Waals surface area contributed by atoms with Gasteiger partial charge >= 0.3 is 23.5 Å². The van der Waals surface area contributed by atoms with Crippen LogP contribution in [-0.4, -0.2) is 43.9 Å². The van der Waals surface area contributed by atoms with Gasteiger partial charge in [0.2, 0.25) is 0 Å². The van der Waals surface area contributed by atoms with Gasteiger partial charge in [0, 0.05) is 5.39 Å². The molecule has 0 saturated carbocycles. The third kappa shape index (κ3) is 2.97. The molecule has 0 fully saturated rings. The van der Waals surface area contributed by atoms with Crippen LogP contribution in [0.2, 0.25) is 0 Å². The summed E-state index contributed by atoms with van der Waals surface area (Å²) in [5.74, 6) is -8.02. The van der Waals surface area contributed by atoms with Crippen LogP contribution in [0.4, 0.5) is 0 Å². The molecule has 2 aromatic rings. The highest BCUT2D eigenvalue weighted by atomic mass is 16.4. The lowest BCUT2D eigenvalue weighted by atomic mass is 9.80. The van der Waals surface area contributed by atoms with E-state index in [1.807, 2.05) is 0 Å². The van der Waals surface area contributed by atoms with Gasteiger partial charge in [0.25, 0.3) is 0 Å². The zero-order valence-electron chi connectivity index (χ0n) is 12.0. The Balaban J connectivity index is 2.73. The smallest absolute Gasteiger partial charge is 0.340 e. The van der Waals surface area contributed by atoms with Gasteiger partial charge < -0.3 is 24.8 Å². The van der Waals surface area contributed by atoms with E-state index in [-0.39, 0.29) is 5.58 Å². The summed E-state index contributed by atoms with van der Waals surface area (Å²) in [6.45, 7) is 0. The fraction of sp³-hybridized carbons (Fsp3) is 0.200. The molecule has 9 nitrogen and oxygen atoms in total. The van der Waals surface area contributed by atoms with E-state index in [1.165, 1.54) is 12.1 Å². The Morgan fingerprint density at radius 3 is 2.29 bits per heavy atom. The molecule has 1 aromatic heterocycles. The zero-order chi connectivity index (χ0) is 18.1. The molecule has 126 valence electrons. The van der Waals surface area contributed by atoms with E-state index in [9.17, 15) is 29.4 Å². The molecule has 4 N–H and O–H groups in total. The van der Waals surface area contributed by atoms with E-state index in [0.29, 0.717) is 5.39 Å². The predicted molar refractivity (Wildman–Crippen MR) is 77.7 cm³/mol. The van der Waals surface area contributed by atoms with E-state index in [1.54, 1.807) is 12.1 Å². The van der Waals surface area contributed by atoms with E-state index < -0.39 is 47.0 Å². The minimum atomic E-state index is -3.23. The van der Waals surface area contributed by atoms with Crippen molar-refractivity contribution in [3.8, 4) is 0 Å². The number of benzene rings is 1. The highest BCUT2D eigenvalue weighted by Gasteiger charge is 2.52. The first-order valence-corrected chi connectivity index (χ1v) is 6.60. The van der Waals surface area contributed by atoms with Crippen LogP contribution in [0.15, 0.2) is 39.5 Å². The number of carboxylic acid groups (broad SMARTS) is 3. The molecule has 24 heavy (non-hydrogen) atoms. The summed E-state index contributed by atoms with van der Waals surface area (Å²) in [6.07, 6.45) is -1.41. The average molecular weight is 336 g/mol. The van der Waals surface area contributed by atoms with E-state index in [2.05, 4.69) is 0 Å². The Labute approximate surface area is 133 Å². The van der Waals surface area contributed by atoms with Gasteiger partial charge in [-0.3, -0.25) is 9.59 Å². The fourth-order valence-electron chi connectivity index (χ4n) is 2.41. The summed E-state index contributed by atoms with van der Waals surface area (Å²) in [5, 5.41) is 37.8. The lowest BCUT2D eigenvalue weighted by Gasteiger charge is -2.27. The molecule has 1 heterocycles. The summed E-state index contributed by atoms with van der Waals surface area (Å²) in [4.78, 5) is 45.8. The maximum atomic E-state index is 12.1. The molecule has 0 radical (unpaired) electrons. The SMILES string of the molecule is O=C(O)CC(O)(C(=O)O)C(C(=O)O)c1cc2ccccc2oc1=O. The number of hydrogen-bond donors (Lipinski definition) is 4. The summed E-state index contributed by atoms with van der Waals surface area (Å²) >= 11 is 0. The van der Waals surface area contributed by atoms with Crippen LogP contribution in [0.25, 0.3) is 11.0 Å². The molecule has 2 atom stereocenters. The monoisotopic (exact) mass is 336 g/mol. The third-order valence-electron chi connectivity index (χ3n) is 3.49. The van der Waals surface area contributed by atoms with Crippen molar-refractivity contribution >= 4 is 28.9 Å². The molecule has 0 aliphatic rings. The van der Waals surface area contributed by atoms with Crippen molar-refractivity contribution in [3.05, 3.63) is 46.3 Å². The first-order valence-electron chi connectivity index (χ1n) is 6.60. The van der Waals surface area contributed by atoms with Crippen LogP contribution in [-0.2, 0) is 14.4 Å². The number of para-hydroxylation sites is 1. The van der Waals surface area contributed by atoms with Crippen molar-refractivity contribution in [1.82, 2.24) is 0 Å². The molecular weight excluding hydrogens is 324 g/mol. The van der Waals surface area contributed by atoms with Crippen molar-refractivity contribution in [2.45, 2.75) is 17.9 Å². The van der Waals surface area contributed by atoms with Gasteiger partial charge in [0.05, 0.1) is 12.0 Å². The lowest BCUT2D eigenvalue weighted by molar-refractivity contribution is -0.173. The van der Waals surface area contributed by atoms with Crippen molar-refractivity contribution in [2.24, 2.45) is 0 Å². The summed E-state index contributed by atoms with van der Waals surface area (Å²) in [5.41, 5.74) is -4.93. The molecule has 0 saturated heterocycles. The normalized spacial score (nSPS) is 14.7. The van der Waals surface area contributed by atoms with Crippen LogP contribution in [0.5, 0.6) is 0 Å². The van der Waals surface area contributed by atoms with Gasteiger partial charge in [0.1, 0.15) is 11.5 Å². The van der Waals surface area contributed by atoms with E-state index in [4.69, 9.17) is 14.6 Å². The number of carboxylic acids is 3. The molecule has 0 aliphatic carbocycles. The molecule has 0 spiro atoms. The number of hydrogen-bond acceptors (Lipinski definition) is 6. The summed E-state index contributed by atoms with van der Waals surface area (Å²) in [7, 11) is 0. The second-order valence-corrected chi connectivity index (χ2v) is 5.10. The molecule has 2 unspecified atom stereocenters. The summed E-state index contributed by atoms with van der Waals surface area (Å²) < 4.78 is 4.93. The highest BCUT2D eigenvalue weighted by molar-refractivity contribution is 5.93. The Morgan fingerprint density at radius 2 is 1.75 bits per heavy atom. The maximum absolute atomic E-state index is 12.1. The van der Waals surface area contributed by atoms with Gasteiger partial charge in [-0.2, -0.15) is 0 Å². The number of fused-ring (bicyclic) bond motifs is 1. The number of aliphatic carboxylic acids is 3. The Bertz CT molecular complexity index is 882. The van der Waals surface area contributed by atoms with Gasteiger partial charge in [0.15, 0.2) is 5.60 Å². The molecule has 1 aromatic carbocycles. The topological polar surface area (TPSA) is 162 Å². The van der Waals surface area contributed by atoms with Crippen LogP contribution in [0.3, 0.4) is 0 Å². The number of carbonyl (C=O) groups is 3. The standard InChI is InChI=1S/C15H12O9/c16-10(17)6-15(23,14(21)22)11(12(18)19)8-5-7-3-1-2-4-9(7)24-13(8)20/h1-5,11,23H,6H2,(H,16,17)(H,18,19)(H,21,22). The van der Waals surface area contributed by atoms with Crippen LogP contribution in [0, 0.1) is 0 Å². The molecule has 0 bridgehead atoms. The largest absolute Gasteiger partial charge is 0.481 e. The van der Waals surface area contributed by atoms with Gasteiger partial charge in [-0.1, -0.05) is 18.2 Å². The van der Waals surface area contributed by atoms with Crippen molar-refractivity contribution in [1.29, 1.82) is 0 Å². The quantitative estimate of drug-likeness (QED) is 0.541. The van der Waals surface area contributed by atoms with E-state index in [0.717, 1.165) is 6.07 Å². The van der Waals surface area contributed by atoms with Crippen LogP contribution >= 0.6 is 0 Å². The Kier molecular flexibility index (Phi) is 4.38. The van der Waals surface area contributed by atoms with Gasteiger partial charge in [-0.25, -0.2) is 9.59 Å². The predicted octanol–water partition coefficient (Wildman–Crippen LogP) is 0.252. The zero-order valence-corrected chi connectivity index (χ0v) is 12.0. The van der Waals surface area contributed by atoms with Crippen molar-refractivity contribution in [3.63, 3.8) is 0 Å². The average Bonchev–Trinajstić information content (AvgIpc) is 2.46. The molecule has 0 amide bonds. The second-order valence-electron chi connectivity index (χ2n) is 5.10. The minimum Gasteiger partial charge on any atom is -0.481 e. The Morgan fingerprint density at radius 1 is 1.12 bits per heavy atom. The minimum absolute atomic E-state index is 0.132. The Hall–Kier alpha value is -3.20. The molecular formula is C15H12O9. The third-order valence-corrected chi connectivity index (χ3v) is 3.49. The number of rotatable bonds is 6. The van der Waals surface area contributed by atoms with E-state index >= 15 is 0 Å².